The van der Waals surface area contributed by atoms with E-state index >= 15 is 0 Å². The van der Waals surface area contributed by atoms with Crippen LogP contribution in [0, 0.1) is 0 Å². The summed E-state index contributed by atoms with van der Waals surface area (Å²) in [5.74, 6) is 2.00. The lowest BCUT2D eigenvalue weighted by Gasteiger charge is -2.12. The molecule has 24 rings (SSSR count). The van der Waals surface area contributed by atoms with Gasteiger partial charge in [0.2, 0.25) is 17.7 Å². The van der Waals surface area contributed by atoms with Crippen LogP contribution in [-0.4, -0.2) is 60.8 Å². The molecular formula is C91H55N13. The van der Waals surface area contributed by atoms with Crippen LogP contribution in [0.4, 0.5) is 0 Å². The third-order valence-electron chi connectivity index (χ3n) is 21.3. The number of hydrogen-bond donors (Lipinski definition) is 0. The molecule has 14 aromatic carbocycles. The van der Waals surface area contributed by atoms with Crippen molar-refractivity contribution in [1.29, 1.82) is 0 Å². The van der Waals surface area contributed by atoms with Gasteiger partial charge in [0.15, 0.2) is 0 Å². The van der Waals surface area contributed by atoms with Crippen molar-refractivity contribution < 1.29 is 0 Å². The van der Waals surface area contributed by atoms with Crippen molar-refractivity contribution >= 4 is 154 Å². The first-order chi connectivity index (χ1) is 51.6. The monoisotopic (exact) mass is 1330 g/mol. The minimum atomic E-state index is 0.585. The second kappa shape index (κ2) is 21.5. The Morgan fingerprint density at radius 3 is 1.07 bits per heavy atom. The molecule has 0 aliphatic heterocycles. The number of rotatable bonds is 6. The topological polar surface area (TPSA) is 102 Å². The van der Waals surface area contributed by atoms with Gasteiger partial charge >= 0.3 is 0 Å². The minimum absolute atomic E-state index is 0.585. The first kappa shape index (κ1) is 56.4. The molecular weight excluding hydrogens is 1280 g/mol. The quantitative estimate of drug-likeness (QED) is 0.165. The van der Waals surface area contributed by atoms with Gasteiger partial charge in [-0.2, -0.15) is 0 Å². The summed E-state index contributed by atoms with van der Waals surface area (Å²) in [6.07, 6.45) is 0. The standard InChI is InChI=1S/C46H28N6.C45H27N7/c1-3-15-33-29(12-1)14-11-17-34(33)45-35-16-4-5-18-36(35)47-46(48-45)52-41-23-10-9-22-40(41)51-42-28-32(25-24-31(42)27-44(51)52)49-38-20-7-8-21-39(38)50-37-19-6-2-13-30(37)26-43(49)50;1-3-15-31-28(12-1)14-11-17-32(31)43-33-16-4-5-18-34(33)46-44(48-43)52-40-23-10-9-22-39(40)51-41-27-30(24-25-35(41)47-45(51)52)49-37-20-7-8-21-38(37)50-36-19-6-2-13-29(36)26-42(49)50/h1-28H;1-27H. The summed E-state index contributed by atoms with van der Waals surface area (Å²) >= 11 is 0. The van der Waals surface area contributed by atoms with Crippen LogP contribution in [0.15, 0.2) is 334 Å². The predicted octanol–water partition coefficient (Wildman–Crippen LogP) is 21.7. The van der Waals surface area contributed by atoms with E-state index in [1.165, 1.54) is 54.5 Å². The van der Waals surface area contributed by atoms with Gasteiger partial charge in [0, 0.05) is 49.4 Å². The Balaban J connectivity index is 0.000000127. The lowest BCUT2D eigenvalue weighted by molar-refractivity contribution is 0.987. The lowest BCUT2D eigenvalue weighted by atomic mass is 9.99. The van der Waals surface area contributed by atoms with Crippen LogP contribution in [-0.2, 0) is 0 Å². The molecule has 0 saturated carbocycles. The molecule has 0 N–H and O–H groups in total. The fourth-order valence-electron chi connectivity index (χ4n) is 16.8. The summed E-state index contributed by atoms with van der Waals surface area (Å²) in [7, 11) is 0. The first-order valence-corrected chi connectivity index (χ1v) is 35.1. The molecule has 0 aliphatic carbocycles. The average Bonchev–Trinajstić information content (AvgIpc) is 1.55. The van der Waals surface area contributed by atoms with Crippen LogP contribution in [0.1, 0.15) is 0 Å². The highest BCUT2D eigenvalue weighted by Crippen LogP contribution is 2.41. The van der Waals surface area contributed by atoms with E-state index in [-0.39, 0.29) is 0 Å². The molecule has 0 unspecified atom stereocenters. The van der Waals surface area contributed by atoms with Gasteiger partial charge in [-0.1, -0.05) is 212 Å². The number of imidazole rings is 5. The smallest absolute Gasteiger partial charge is 0.238 e. The lowest BCUT2D eigenvalue weighted by Crippen LogP contribution is -2.04. The van der Waals surface area contributed by atoms with E-state index in [2.05, 4.69) is 363 Å². The van der Waals surface area contributed by atoms with Gasteiger partial charge in [-0.05, 0) is 143 Å². The van der Waals surface area contributed by atoms with E-state index in [1.807, 2.05) is 6.07 Å². The van der Waals surface area contributed by atoms with Crippen LogP contribution in [0.5, 0.6) is 0 Å². The highest BCUT2D eigenvalue weighted by atomic mass is 15.3. The maximum Gasteiger partial charge on any atom is 0.238 e. The van der Waals surface area contributed by atoms with Crippen LogP contribution < -0.4 is 0 Å². The number of hydrogen-bond acceptors (Lipinski definition) is 5. The minimum Gasteiger partial charge on any atom is -0.294 e. The van der Waals surface area contributed by atoms with E-state index in [0.717, 1.165) is 133 Å². The Hall–Kier alpha value is -14.4. The number of aromatic nitrogens is 13. The third kappa shape index (κ3) is 8.05. The zero-order chi connectivity index (χ0) is 67.8. The maximum atomic E-state index is 5.41. The van der Waals surface area contributed by atoms with E-state index in [1.54, 1.807) is 0 Å². The van der Waals surface area contributed by atoms with E-state index in [0.29, 0.717) is 11.9 Å². The molecule has 0 bridgehead atoms. The predicted molar refractivity (Wildman–Crippen MR) is 424 cm³/mol. The molecule has 104 heavy (non-hydrogen) atoms. The number of fused-ring (bicyclic) bond motifs is 24. The van der Waals surface area contributed by atoms with Gasteiger partial charge in [-0.25, -0.2) is 29.5 Å². The van der Waals surface area contributed by atoms with E-state index in [9.17, 15) is 0 Å². The van der Waals surface area contributed by atoms with E-state index in [4.69, 9.17) is 24.9 Å². The van der Waals surface area contributed by atoms with Crippen LogP contribution >= 0.6 is 0 Å². The summed E-state index contributed by atoms with van der Waals surface area (Å²) in [5.41, 5.74) is 25.6. The van der Waals surface area contributed by atoms with Gasteiger partial charge < -0.3 is 0 Å². The molecule has 0 atom stereocenters. The van der Waals surface area contributed by atoms with Crippen molar-refractivity contribution in [3.05, 3.63) is 334 Å². The maximum absolute atomic E-state index is 5.41. The zero-order valence-corrected chi connectivity index (χ0v) is 55.6. The zero-order valence-electron chi connectivity index (χ0n) is 55.6. The number of nitrogens with zero attached hydrogens (tertiary/aromatic N) is 13. The van der Waals surface area contributed by atoms with Crippen LogP contribution in [0.3, 0.4) is 0 Å². The Labute approximate surface area is 590 Å². The fourth-order valence-corrected chi connectivity index (χ4v) is 16.8. The summed E-state index contributed by atoms with van der Waals surface area (Å²) in [5, 5.41) is 10.3. The Morgan fingerprint density at radius 1 is 0.192 bits per heavy atom. The van der Waals surface area contributed by atoms with E-state index < -0.39 is 0 Å². The molecule has 10 aromatic heterocycles. The van der Waals surface area contributed by atoms with Crippen molar-refractivity contribution in [2.75, 3.05) is 0 Å². The molecule has 10 heterocycles. The van der Waals surface area contributed by atoms with Crippen LogP contribution in [0.25, 0.3) is 200 Å². The molecule has 13 nitrogen and oxygen atoms in total. The molecule has 13 heteroatoms. The van der Waals surface area contributed by atoms with Gasteiger partial charge in [-0.15, -0.1) is 0 Å². The summed E-state index contributed by atoms with van der Waals surface area (Å²) < 4.78 is 18.4. The van der Waals surface area contributed by atoms with Crippen molar-refractivity contribution in [3.8, 4) is 45.8 Å². The summed E-state index contributed by atoms with van der Waals surface area (Å²) in [6, 6.07) is 118. The Morgan fingerprint density at radius 2 is 0.548 bits per heavy atom. The second-order valence-corrected chi connectivity index (χ2v) is 26.9. The highest BCUT2D eigenvalue weighted by Gasteiger charge is 2.26. The molecule has 0 amide bonds. The Kier molecular flexibility index (Phi) is 11.7. The van der Waals surface area contributed by atoms with Gasteiger partial charge in [0.25, 0.3) is 0 Å². The van der Waals surface area contributed by atoms with Crippen molar-refractivity contribution in [2.24, 2.45) is 0 Å². The summed E-state index contributed by atoms with van der Waals surface area (Å²) in [6.45, 7) is 0. The number of para-hydroxylation sites is 12. The third-order valence-corrected chi connectivity index (χ3v) is 21.3. The van der Waals surface area contributed by atoms with Gasteiger partial charge in [-0.3, -0.25) is 31.3 Å². The van der Waals surface area contributed by atoms with Gasteiger partial charge in [0.05, 0.1) is 94.1 Å². The average molecular weight is 1330 g/mol. The molecule has 0 fully saturated rings. The van der Waals surface area contributed by atoms with Crippen molar-refractivity contribution in [2.45, 2.75) is 0 Å². The fraction of sp³-hybridized carbons (Fsp3) is 0. The largest absolute Gasteiger partial charge is 0.294 e. The molecule has 0 saturated heterocycles. The normalized spacial score (nSPS) is 12.2. The molecule has 0 spiro atoms. The summed E-state index contributed by atoms with van der Waals surface area (Å²) in [4.78, 5) is 26.5. The number of benzene rings is 14. The highest BCUT2D eigenvalue weighted by molar-refractivity contribution is 6.07. The van der Waals surface area contributed by atoms with Crippen molar-refractivity contribution in [3.63, 3.8) is 0 Å². The second-order valence-electron chi connectivity index (χ2n) is 26.9. The SMILES string of the molecule is c1ccc2c(-c3nc(-n4c5ccccc5n5c6cc(-n7c8ccccc8n8c9ccccc9cc78)ccc6cc45)nc4ccccc34)cccc2c1.c1ccc2c(-c3nc(-n4c5ccccc5n5c6cc(-n7c8ccccc8n8c9ccccc9cc78)ccc6nc45)nc4ccccc34)cccc2c1. The molecule has 0 aliphatic rings. The molecule has 484 valence electrons. The van der Waals surface area contributed by atoms with Gasteiger partial charge in [0.1, 0.15) is 16.9 Å². The molecule has 24 aromatic rings. The van der Waals surface area contributed by atoms with Crippen LogP contribution in [0.2, 0.25) is 0 Å². The Bertz CT molecular complexity index is 7300. The first-order valence-electron chi connectivity index (χ1n) is 35.1. The molecule has 0 radical (unpaired) electrons. The van der Waals surface area contributed by atoms with Crippen molar-refractivity contribution in [1.82, 2.24) is 60.8 Å².